The minimum absolute atomic E-state index is 0.328. The Balaban J connectivity index is 1.90. The van der Waals surface area contributed by atoms with Gasteiger partial charge in [-0.25, -0.2) is 9.50 Å². The Morgan fingerprint density at radius 1 is 1.22 bits per heavy atom. The number of aryl methyl sites for hydroxylation is 1. The molecule has 0 radical (unpaired) electrons. The Labute approximate surface area is 131 Å². The van der Waals surface area contributed by atoms with Crippen molar-refractivity contribution in [2.45, 2.75) is 26.1 Å². The SMILES string of the molecule is Cc1cc2c(NC(C)c3cccc(C(F)(F)F)c3)nccn2n1. The molecular formula is C16H15F3N4. The fraction of sp³-hybridized carbons (Fsp3) is 0.250. The number of hydrogen-bond donors (Lipinski definition) is 1. The minimum atomic E-state index is -4.35. The molecule has 4 nitrogen and oxygen atoms in total. The predicted molar refractivity (Wildman–Crippen MR) is 81.2 cm³/mol. The van der Waals surface area contributed by atoms with Gasteiger partial charge in [0.05, 0.1) is 17.3 Å². The number of fused-ring (bicyclic) bond motifs is 1. The molecule has 0 bridgehead atoms. The largest absolute Gasteiger partial charge is 0.416 e. The lowest BCUT2D eigenvalue weighted by Crippen LogP contribution is -2.11. The molecule has 120 valence electrons. The van der Waals surface area contributed by atoms with Crippen molar-refractivity contribution in [1.29, 1.82) is 0 Å². The Bertz CT molecular complexity index is 839. The van der Waals surface area contributed by atoms with Crippen LogP contribution in [0.5, 0.6) is 0 Å². The second-order valence-electron chi connectivity index (χ2n) is 5.38. The molecule has 1 atom stereocenters. The van der Waals surface area contributed by atoms with Gasteiger partial charge in [-0.2, -0.15) is 18.3 Å². The molecule has 0 aliphatic rings. The predicted octanol–water partition coefficient (Wildman–Crippen LogP) is 4.23. The van der Waals surface area contributed by atoms with Crippen LogP contribution in [-0.4, -0.2) is 14.6 Å². The van der Waals surface area contributed by atoms with Gasteiger partial charge in [0, 0.05) is 12.4 Å². The van der Waals surface area contributed by atoms with Gasteiger partial charge in [0.2, 0.25) is 0 Å². The zero-order valence-corrected chi connectivity index (χ0v) is 12.6. The lowest BCUT2D eigenvalue weighted by Gasteiger charge is -2.17. The maximum Gasteiger partial charge on any atom is 0.416 e. The number of aromatic nitrogens is 3. The van der Waals surface area contributed by atoms with Crippen molar-refractivity contribution in [3.63, 3.8) is 0 Å². The average Bonchev–Trinajstić information content (AvgIpc) is 2.88. The third-order valence-electron chi connectivity index (χ3n) is 3.58. The molecule has 7 heteroatoms. The normalized spacial score (nSPS) is 13.3. The van der Waals surface area contributed by atoms with Gasteiger partial charge >= 0.3 is 6.18 Å². The van der Waals surface area contributed by atoms with Crippen LogP contribution >= 0.6 is 0 Å². The van der Waals surface area contributed by atoms with E-state index in [2.05, 4.69) is 15.4 Å². The molecular weight excluding hydrogens is 305 g/mol. The van der Waals surface area contributed by atoms with E-state index in [1.807, 2.05) is 13.0 Å². The van der Waals surface area contributed by atoms with Crippen LogP contribution in [0.15, 0.2) is 42.7 Å². The topological polar surface area (TPSA) is 42.2 Å². The maximum atomic E-state index is 12.8. The highest BCUT2D eigenvalue weighted by Crippen LogP contribution is 2.31. The summed E-state index contributed by atoms with van der Waals surface area (Å²) in [7, 11) is 0. The summed E-state index contributed by atoms with van der Waals surface area (Å²) in [4.78, 5) is 4.26. The highest BCUT2D eigenvalue weighted by Gasteiger charge is 2.30. The first-order valence-electron chi connectivity index (χ1n) is 7.09. The molecule has 0 aliphatic carbocycles. The van der Waals surface area contributed by atoms with E-state index in [9.17, 15) is 13.2 Å². The van der Waals surface area contributed by atoms with E-state index >= 15 is 0 Å². The van der Waals surface area contributed by atoms with Gasteiger partial charge in [-0.05, 0) is 37.6 Å². The van der Waals surface area contributed by atoms with Crippen LogP contribution in [-0.2, 0) is 6.18 Å². The van der Waals surface area contributed by atoms with Gasteiger partial charge in [-0.1, -0.05) is 12.1 Å². The molecule has 23 heavy (non-hydrogen) atoms. The maximum absolute atomic E-state index is 12.8. The van der Waals surface area contributed by atoms with Crippen LogP contribution in [0.3, 0.4) is 0 Å². The van der Waals surface area contributed by atoms with E-state index in [1.54, 1.807) is 29.9 Å². The van der Waals surface area contributed by atoms with Crippen molar-refractivity contribution in [2.24, 2.45) is 0 Å². The summed E-state index contributed by atoms with van der Waals surface area (Å²) in [6.45, 7) is 3.66. The van der Waals surface area contributed by atoms with E-state index in [1.165, 1.54) is 6.07 Å². The molecule has 2 heterocycles. The van der Waals surface area contributed by atoms with Gasteiger partial charge in [0.1, 0.15) is 5.52 Å². The van der Waals surface area contributed by atoms with Crippen molar-refractivity contribution < 1.29 is 13.2 Å². The molecule has 0 saturated heterocycles. The van der Waals surface area contributed by atoms with Crippen LogP contribution in [0.25, 0.3) is 5.52 Å². The summed E-state index contributed by atoms with van der Waals surface area (Å²) >= 11 is 0. The molecule has 0 saturated carbocycles. The lowest BCUT2D eigenvalue weighted by molar-refractivity contribution is -0.137. The standard InChI is InChI=1S/C16H15F3N4/c1-10-8-14-15(20-6-7-23(14)22-10)21-11(2)12-4-3-5-13(9-12)16(17,18)19/h3-9,11H,1-2H3,(H,20,21). The van der Waals surface area contributed by atoms with E-state index in [0.29, 0.717) is 11.4 Å². The molecule has 0 spiro atoms. The summed E-state index contributed by atoms with van der Waals surface area (Å²) in [5.41, 5.74) is 1.51. The Morgan fingerprint density at radius 3 is 2.74 bits per heavy atom. The van der Waals surface area contributed by atoms with Gasteiger partial charge in [-0.3, -0.25) is 0 Å². The van der Waals surface area contributed by atoms with Crippen LogP contribution in [0.1, 0.15) is 29.8 Å². The summed E-state index contributed by atoms with van der Waals surface area (Å²) in [5.74, 6) is 0.581. The summed E-state index contributed by atoms with van der Waals surface area (Å²) in [6, 6.07) is 6.83. The highest BCUT2D eigenvalue weighted by molar-refractivity contribution is 5.68. The first-order chi connectivity index (χ1) is 10.8. The van der Waals surface area contributed by atoms with E-state index in [0.717, 1.165) is 23.3 Å². The van der Waals surface area contributed by atoms with Crippen molar-refractivity contribution in [1.82, 2.24) is 14.6 Å². The van der Waals surface area contributed by atoms with Crippen molar-refractivity contribution in [3.8, 4) is 0 Å². The van der Waals surface area contributed by atoms with Crippen molar-refractivity contribution in [2.75, 3.05) is 5.32 Å². The molecule has 1 N–H and O–H groups in total. The summed E-state index contributed by atoms with van der Waals surface area (Å²) in [6.07, 6.45) is -1.03. The Kier molecular flexibility index (Phi) is 3.71. The zero-order chi connectivity index (χ0) is 16.6. The zero-order valence-electron chi connectivity index (χ0n) is 12.6. The minimum Gasteiger partial charge on any atom is -0.362 e. The summed E-state index contributed by atoms with van der Waals surface area (Å²) < 4.78 is 40.2. The van der Waals surface area contributed by atoms with Gasteiger partial charge in [0.25, 0.3) is 0 Å². The van der Waals surface area contributed by atoms with Crippen LogP contribution < -0.4 is 5.32 Å². The monoisotopic (exact) mass is 320 g/mol. The molecule has 3 rings (SSSR count). The van der Waals surface area contributed by atoms with Gasteiger partial charge in [-0.15, -0.1) is 0 Å². The number of hydrogen-bond acceptors (Lipinski definition) is 3. The van der Waals surface area contributed by atoms with Crippen LogP contribution in [0.2, 0.25) is 0 Å². The number of halogens is 3. The second kappa shape index (κ2) is 5.57. The van der Waals surface area contributed by atoms with Crippen LogP contribution in [0.4, 0.5) is 19.0 Å². The quantitative estimate of drug-likeness (QED) is 0.785. The smallest absolute Gasteiger partial charge is 0.362 e. The van der Waals surface area contributed by atoms with E-state index in [-0.39, 0.29) is 6.04 Å². The number of alkyl halides is 3. The average molecular weight is 320 g/mol. The number of rotatable bonds is 3. The Hall–Kier alpha value is -2.57. The van der Waals surface area contributed by atoms with Crippen molar-refractivity contribution in [3.05, 3.63) is 59.5 Å². The van der Waals surface area contributed by atoms with Gasteiger partial charge < -0.3 is 5.32 Å². The first kappa shape index (κ1) is 15.3. The Morgan fingerprint density at radius 2 is 2.00 bits per heavy atom. The molecule has 0 aliphatic heterocycles. The molecule has 1 unspecified atom stereocenters. The second-order valence-corrected chi connectivity index (χ2v) is 5.38. The number of benzene rings is 1. The van der Waals surface area contributed by atoms with Crippen molar-refractivity contribution >= 4 is 11.3 Å². The molecule has 1 aromatic carbocycles. The lowest BCUT2D eigenvalue weighted by atomic mass is 10.0. The molecule has 2 aromatic heterocycles. The first-order valence-corrected chi connectivity index (χ1v) is 7.09. The van der Waals surface area contributed by atoms with Gasteiger partial charge in [0.15, 0.2) is 5.82 Å². The third kappa shape index (κ3) is 3.13. The van der Waals surface area contributed by atoms with E-state index < -0.39 is 11.7 Å². The highest BCUT2D eigenvalue weighted by atomic mass is 19.4. The molecule has 0 fully saturated rings. The number of nitrogens with one attached hydrogen (secondary N) is 1. The summed E-state index contributed by atoms with van der Waals surface area (Å²) in [5, 5.41) is 7.44. The fourth-order valence-corrected chi connectivity index (χ4v) is 2.43. The van der Waals surface area contributed by atoms with Crippen LogP contribution in [0, 0.1) is 6.92 Å². The number of nitrogens with zero attached hydrogens (tertiary/aromatic N) is 3. The molecule has 3 aromatic rings. The van der Waals surface area contributed by atoms with E-state index in [4.69, 9.17) is 0 Å². The number of anilines is 1. The molecule has 0 amide bonds. The fourth-order valence-electron chi connectivity index (χ4n) is 2.43. The third-order valence-corrected chi connectivity index (χ3v) is 3.58.